The van der Waals surface area contributed by atoms with Gasteiger partial charge in [-0.1, -0.05) is 13.8 Å². The van der Waals surface area contributed by atoms with E-state index >= 15 is 0 Å². The second-order valence-corrected chi connectivity index (χ2v) is 8.63. The van der Waals surface area contributed by atoms with Crippen LogP contribution in [0.4, 0.5) is 0 Å². The fourth-order valence-corrected chi connectivity index (χ4v) is 4.62. The molecule has 6 unspecified atom stereocenters. The molecule has 0 spiro atoms. The molecule has 0 amide bonds. The zero-order chi connectivity index (χ0) is 17.1. The van der Waals surface area contributed by atoms with Gasteiger partial charge in [0, 0.05) is 0 Å². The summed E-state index contributed by atoms with van der Waals surface area (Å²) in [7, 11) is 0. The maximum absolute atomic E-state index is 10.0. The molecule has 0 aromatic rings. The Morgan fingerprint density at radius 3 is 1.21 bits per heavy atom. The molecular formula is C20H36O4. The van der Waals surface area contributed by atoms with E-state index < -0.39 is 0 Å². The minimum atomic E-state index is -0.191. The highest BCUT2D eigenvalue weighted by atomic mass is 16.5. The van der Waals surface area contributed by atoms with Gasteiger partial charge in [-0.3, -0.25) is 0 Å². The summed E-state index contributed by atoms with van der Waals surface area (Å²) in [4.78, 5) is 0. The monoisotopic (exact) mass is 340 g/mol. The number of aliphatic hydroxyl groups excluding tert-OH is 2. The molecule has 0 aliphatic heterocycles. The Morgan fingerprint density at radius 1 is 0.542 bits per heavy atom. The molecule has 6 atom stereocenters. The second-order valence-electron chi connectivity index (χ2n) is 8.63. The molecule has 3 aliphatic carbocycles. The van der Waals surface area contributed by atoms with Crippen molar-refractivity contribution in [1.82, 2.24) is 0 Å². The third-order valence-electron chi connectivity index (χ3n) is 6.60. The summed E-state index contributed by atoms with van der Waals surface area (Å²) in [6, 6.07) is 0. The first kappa shape index (κ1) is 18.6. The number of aliphatic hydroxyl groups is 2. The maximum Gasteiger partial charge on any atom is 0.0603 e. The summed E-state index contributed by atoms with van der Waals surface area (Å²) in [5, 5.41) is 20.0. The largest absolute Gasteiger partial charge is 0.393 e. The van der Waals surface area contributed by atoms with E-state index in [-0.39, 0.29) is 24.4 Å². The molecular weight excluding hydrogens is 304 g/mol. The predicted molar refractivity (Wildman–Crippen MR) is 93.8 cm³/mol. The van der Waals surface area contributed by atoms with E-state index in [0.717, 1.165) is 64.2 Å². The van der Waals surface area contributed by atoms with Crippen molar-refractivity contribution >= 4 is 0 Å². The number of ether oxygens (including phenoxy) is 2. The van der Waals surface area contributed by atoms with Gasteiger partial charge < -0.3 is 19.7 Å². The summed E-state index contributed by atoms with van der Waals surface area (Å²) < 4.78 is 12.5. The van der Waals surface area contributed by atoms with Gasteiger partial charge in [0.05, 0.1) is 36.6 Å². The van der Waals surface area contributed by atoms with Gasteiger partial charge in [0.1, 0.15) is 0 Å². The molecule has 3 aliphatic rings. The van der Waals surface area contributed by atoms with E-state index in [1.54, 1.807) is 0 Å². The first-order valence-corrected chi connectivity index (χ1v) is 10.2. The fraction of sp³-hybridized carbons (Fsp3) is 1.00. The van der Waals surface area contributed by atoms with Crippen LogP contribution in [0.3, 0.4) is 0 Å². The highest BCUT2D eigenvalue weighted by Crippen LogP contribution is 2.33. The second kappa shape index (κ2) is 8.48. The number of hydrogen-bond acceptors (Lipinski definition) is 4. The Labute approximate surface area is 146 Å². The van der Waals surface area contributed by atoms with Crippen LogP contribution in [0.25, 0.3) is 0 Å². The predicted octanol–water partition coefficient (Wildman–Crippen LogP) is 3.43. The van der Waals surface area contributed by atoms with Crippen LogP contribution in [0.2, 0.25) is 0 Å². The van der Waals surface area contributed by atoms with Crippen molar-refractivity contribution in [3.05, 3.63) is 0 Å². The van der Waals surface area contributed by atoms with Crippen molar-refractivity contribution in [2.75, 3.05) is 0 Å². The van der Waals surface area contributed by atoms with E-state index in [1.165, 1.54) is 0 Å². The van der Waals surface area contributed by atoms with Gasteiger partial charge in [-0.15, -0.1) is 0 Å². The van der Waals surface area contributed by atoms with E-state index in [1.807, 2.05) is 0 Å². The Balaban J connectivity index is 1.35. The van der Waals surface area contributed by atoms with Gasteiger partial charge in [0.2, 0.25) is 0 Å². The lowest BCUT2D eigenvalue weighted by Crippen LogP contribution is -2.38. The number of rotatable bonds is 4. The zero-order valence-corrected chi connectivity index (χ0v) is 15.4. The van der Waals surface area contributed by atoms with Crippen LogP contribution in [0.15, 0.2) is 0 Å². The van der Waals surface area contributed by atoms with Gasteiger partial charge in [-0.25, -0.2) is 0 Å². The molecule has 4 nitrogen and oxygen atoms in total. The Hall–Kier alpha value is -0.160. The van der Waals surface area contributed by atoms with Crippen LogP contribution in [0.1, 0.15) is 78.1 Å². The Morgan fingerprint density at radius 2 is 0.875 bits per heavy atom. The van der Waals surface area contributed by atoms with Crippen LogP contribution in [-0.2, 0) is 9.47 Å². The van der Waals surface area contributed by atoms with Gasteiger partial charge in [-0.05, 0) is 76.0 Å². The topological polar surface area (TPSA) is 58.9 Å². The molecule has 24 heavy (non-hydrogen) atoms. The molecule has 2 N–H and O–H groups in total. The lowest BCUT2D eigenvalue weighted by Gasteiger charge is -2.38. The summed E-state index contributed by atoms with van der Waals surface area (Å²) >= 11 is 0. The Bertz CT molecular complexity index is 344. The van der Waals surface area contributed by atoms with E-state index in [2.05, 4.69) is 13.8 Å². The maximum atomic E-state index is 10.0. The van der Waals surface area contributed by atoms with Crippen molar-refractivity contribution in [3.63, 3.8) is 0 Å². The molecule has 0 saturated heterocycles. The molecule has 0 aromatic carbocycles. The molecule has 0 aromatic heterocycles. The normalized spacial score (nSPS) is 47.5. The zero-order valence-electron chi connectivity index (χ0n) is 15.4. The standard InChI is InChI=1S/C20H36O4/c1-13-3-5-17(11-19(13)21)23-15-7-9-16(10-8-15)24-18-6-4-14(2)20(22)12-18/h13-22H,3-12H2,1-2H3. The third-order valence-corrected chi connectivity index (χ3v) is 6.60. The molecule has 4 heteroatoms. The average Bonchev–Trinajstić information content (AvgIpc) is 2.56. The summed E-state index contributed by atoms with van der Waals surface area (Å²) in [6.07, 6.45) is 11.0. The average molecular weight is 341 g/mol. The van der Waals surface area contributed by atoms with Crippen molar-refractivity contribution in [2.24, 2.45) is 11.8 Å². The first-order chi connectivity index (χ1) is 11.5. The summed E-state index contributed by atoms with van der Waals surface area (Å²) in [5.74, 6) is 0.838. The molecule has 3 saturated carbocycles. The highest BCUT2D eigenvalue weighted by Gasteiger charge is 2.32. The lowest BCUT2D eigenvalue weighted by molar-refractivity contribution is -0.115. The van der Waals surface area contributed by atoms with Crippen LogP contribution in [0, 0.1) is 11.8 Å². The van der Waals surface area contributed by atoms with E-state index in [0.29, 0.717) is 24.0 Å². The van der Waals surface area contributed by atoms with Crippen molar-refractivity contribution in [3.8, 4) is 0 Å². The molecule has 0 heterocycles. The quantitative estimate of drug-likeness (QED) is 0.823. The van der Waals surface area contributed by atoms with Gasteiger partial charge in [-0.2, -0.15) is 0 Å². The molecule has 0 bridgehead atoms. The number of hydrogen-bond donors (Lipinski definition) is 2. The van der Waals surface area contributed by atoms with Crippen LogP contribution in [-0.4, -0.2) is 46.8 Å². The molecule has 3 rings (SSSR count). The fourth-order valence-electron chi connectivity index (χ4n) is 4.62. The minimum Gasteiger partial charge on any atom is -0.393 e. The molecule has 3 fully saturated rings. The van der Waals surface area contributed by atoms with Gasteiger partial charge >= 0.3 is 0 Å². The Kier molecular flexibility index (Phi) is 6.58. The van der Waals surface area contributed by atoms with Crippen LogP contribution < -0.4 is 0 Å². The SMILES string of the molecule is CC1CCC(OC2CCC(OC3CCC(C)C(O)C3)CC2)CC1O. The lowest BCUT2D eigenvalue weighted by atomic mass is 9.85. The minimum absolute atomic E-state index is 0.191. The molecule has 0 radical (unpaired) electrons. The van der Waals surface area contributed by atoms with Crippen molar-refractivity contribution in [2.45, 2.75) is 115 Å². The third kappa shape index (κ3) is 4.94. The van der Waals surface area contributed by atoms with E-state index in [9.17, 15) is 10.2 Å². The van der Waals surface area contributed by atoms with Crippen LogP contribution >= 0.6 is 0 Å². The summed E-state index contributed by atoms with van der Waals surface area (Å²) in [6.45, 7) is 4.26. The van der Waals surface area contributed by atoms with Gasteiger partial charge in [0.25, 0.3) is 0 Å². The van der Waals surface area contributed by atoms with Gasteiger partial charge in [0.15, 0.2) is 0 Å². The van der Waals surface area contributed by atoms with E-state index in [4.69, 9.17) is 9.47 Å². The smallest absolute Gasteiger partial charge is 0.0603 e. The highest BCUT2D eigenvalue weighted by molar-refractivity contribution is 4.82. The molecule has 140 valence electrons. The van der Waals surface area contributed by atoms with Crippen molar-refractivity contribution in [1.29, 1.82) is 0 Å². The van der Waals surface area contributed by atoms with Crippen molar-refractivity contribution < 1.29 is 19.7 Å². The first-order valence-electron chi connectivity index (χ1n) is 10.2. The summed E-state index contributed by atoms with van der Waals surface area (Å²) in [5.41, 5.74) is 0. The van der Waals surface area contributed by atoms with Crippen LogP contribution in [0.5, 0.6) is 0 Å².